The van der Waals surface area contributed by atoms with E-state index in [1.807, 2.05) is 19.0 Å². The molecular weight excluding hydrogens is 405 g/mol. The first-order chi connectivity index (χ1) is 13.9. The summed E-state index contributed by atoms with van der Waals surface area (Å²) in [5.74, 6) is -0.437. The van der Waals surface area contributed by atoms with Crippen LogP contribution in [0.5, 0.6) is 0 Å². The van der Waals surface area contributed by atoms with E-state index in [1.165, 1.54) is 12.1 Å². The summed E-state index contributed by atoms with van der Waals surface area (Å²) in [6, 6.07) is 3.89. The van der Waals surface area contributed by atoms with E-state index in [2.05, 4.69) is 36.4 Å². The van der Waals surface area contributed by atoms with E-state index in [0.717, 1.165) is 12.6 Å². The van der Waals surface area contributed by atoms with Gasteiger partial charge in [0, 0.05) is 18.8 Å². The maximum Gasteiger partial charge on any atom is 0.209 e. The van der Waals surface area contributed by atoms with Crippen LogP contribution < -0.4 is 16.0 Å². The number of halogens is 2. The average molecular weight is 424 g/mol. The fourth-order valence-corrected chi connectivity index (χ4v) is 2.28. The lowest BCUT2D eigenvalue weighted by Gasteiger charge is -2.13. The maximum atomic E-state index is 13.3. The quantitative estimate of drug-likeness (QED) is 0.169. The Bertz CT molecular complexity index is 923. The fourth-order valence-electron chi connectivity index (χ4n) is 2.10. The highest BCUT2D eigenvalue weighted by molar-refractivity contribution is 6.31. The summed E-state index contributed by atoms with van der Waals surface area (Å²) < 4.78 is 18.0. The van der Waals surface area contributed by atoms with Gasteiger partial charge in [-0.15, -0.1) is 4.99 Å². The van der Waals surface area contributed by atoms with Gasteiger partial charge < -0.3 is 26.1 Å². The average Bonchev–Trinajstić information content (AvgIpc) is 3.15. The Balaban J connectivity index is 2.07. The number of hydrogen-bond acceptors (Lipinski definition) is 8. The third-order valence-corrected chi connectivity index (χ3v) is 3.79. The van der Waals surface area contributed by atoms with Gasteiger partial charge in [0.25, 0.3) is 0 Å². The number of nitriles is 1. The minimum absolute atomic E-state index is 0.0686. The molecule has 0 bridgehead atoms. The van der Waals surface area contributed by atoms with Crippen molar-refractivity contribution in [2.75, 3.05) is 32.5 Å². The SMILES string of the molecule is CN(C)CCN/C(=N\C#N)NCc1nonc1/C(=N/O)Nc1ccc(F)c(Cl)c1. The van der Waals surface area contributed by atoms with Crippen molar-refractivity contribution in [1.82, 2.24) is 25.8 Å². The Morgan fingerprint density at radius 1 is 1.38 bits per heavy atom. The zero-order valence-corrected chi connectivity index (χ0v) is 16.4. The minimum Gasteiger partial charge on any atom is -0.409 e. The molecular formula is C16H19ClFN9O2. The number of oxime groups is 1. The summed E-state index contributed by atoms with van der Waals surface area (Å²) in [7, 11) is 3.83. The Kier molecular flexibility index (Phi) is 8.13. The molecule has 1 heterocycles. The summed E-state index contributed by atoms with van der Waals surface area (Å²) in [6.45, 7) is 1.36. The second kappa shape index (κ2) is 10.8. The molecule has 0 aliphatic carbocycles. The number of guanidine groups is 1. The highest BCUT2D eigenvalue weighted by atomic mass is 35.5. The van der Waals surface area contributed by atoms with Gasteiger partial charge in [0.2, 0.25) is 18.0 Å². The van der Waals surface area contributed by atoms with E-state index in [4.69, 9.17) is 21.5 Å². The first-order valence-corrected chi connectivity index (χ1v) is 8.67. The number of nitrogens with zero attached hydrogens (tertiary/aromatic N) is 6. The molecule has 11 nitrogen and oxygen atoms in total. The van der Waals surface area contributed by atoms with Gasteiger partial charge in [-0.3, -0.25) is 0 Å². The molecule has 0 fully saturated rings. The van der Waals surface area contributed by atoms with Crippen molar-refractivity contribution < 1.29 is 14.2 Å². The van der Waals surface area contributed by atoms with Crippen LogP contribution >= 0.6 is 11.6 Å². The molecule has 0 amide bonds. The Hall–Kier alpha value is -3.43. The van der Waals surface area contributed by atoms with E-state index < -0.39 is 5.82 Å². The predicted octanol–water partition coefficient (Wildman–Crippen LogP) is 1.19. The Labute approximate surface area is 170 Å². The molecule has 4 N–H and O–H groups in total. The predicted molar refractivity (Wildman–Crippen MR) is 104 cm³/mol. The molecule has 0 saturated carbocycles. The lowest BCUT2D eigenvalue weighted by Crippen LogP contribution is -2.40. The molecule has 0 aliphatic heterocycles. The summed E-state index contributed by atoms with van der Waals surface area (Å²) in [5.41, 5.74) is 0.742. The van der Waals surface area contributed by atoms with Gasteiger partial charge in [-0.05, 0) is 37.5 Å². The second-order valence-corrected chi connectivity index (χ2v) is 6.31. The van der Waals surface area contributed by atoms with Crippen LogP contribution in [-0.4, -0.2) is 59.4 Å². The summed E-state index contributed by atoms with van der Waals surface area (Å²) >= 11 is 5.75. The van der Waals surface area contributed by atoms with E-state index in [9.17, 15) is 9.60 Å². The highest BCUT2D eigenvalue weighted by Crippen LogP contribution is 2.20. The number of aromatic nitrogens is 2. The van der Waals surface area contributed by atoms with E-state index in [-0.39, 0.29) is 34.8 Å². The molecule has 0 atom stereocenters. The van der Waals surface area contributed by atoms with Crippen LogP contribution in [0.15, 0.2) is 33.0 Å². The number of nitrogens with one attached hydrogen (secondary N) is 3. The molecule has 0 radical (unpaired) electrons. The number of benzene rings is 1. The molecule has 1 aromatic carbocycles. The van der Waals surface area contributed by atoms with Crippen molar-refractivity contribution in [3.63, 3.8) is 0 Å². The third-order valence-electron chi connectivity index (χ3n) is 3.50. The van der Waals surface area contributed by atoms with Crippen LogP contribution in [0, 0.1) is 17.3 Å². The Morgan fingerprint density at radius 3 is 2.83 bits per heavy atom. The summed E-state index contributed by atoms with van der Waals surface area (Å²) in [4.78, 5) is 5.62. The van der Waals surface area contributed by atoms with Crippen molar-refractivity contribution in [1.29, 1.82) is 5.26 Å². The fraction of sp³-hybridized carbons (Fsp3) is 0.312. The number of amidine groups is 1. The molecule has 154 valence electrons. The Morgan fingerprint density at radius 2 is 2.17 bits per heavy atom. The molecule has 0 saturated heterocycles. The van der Waals surface area contributed by atoms with Crippen molar-refractivity contribution in [2.45, 2.75) is 6.54 Å². The first-order valence-electron chi connectivity index (χ1n) is 8.29. The number of hydrogen-bond donors (Lipinski definition) is 4. The molecule has 0 unspecified atom stereocenters. The van der Waals surface area contributed by atoms with E-state index in [1.54, 1.807) is 6.19 Å². The molecule has 0 spiro atoms. The zero-order valence-electron chi connectivity index (χ0n) is 15.6. The van der Waals surface area contributed by atoms with Gasteiger partial charge in [0.1, 0.15) is 11.5 Å². The maximum absolute atomic E-state index is 13.3. The number of rotatable bonds is 7. The molecule has 2 rings (SSSR count). The lowest BCUT2D eigenvalue weighted by molar-refractivity contribution is 0.300. The van der Waals surface area contributed by atoms with Gasteiger partial charge in [-0.25, -0.2) is 9.02 Å². The summed E-state index contributed by atoms with van der Waals surface area (Å²) in [6.07, 6.45) is 1.70. The third kappa shape index (κ3) is 6.59. The summed E-state index contributed by atoms with van der Waals surface area (Å²) in [5, 5.41) is 37.3. The van der Waals surface area contributed by atoms with Crippen LogP contribution in [-0.2, 0) is 6.54 Å². The van der Waals surface area contributed by atoms with Crippen molar-refractivity contribution in [2.24, 2.45) is 10.1 Å². The highest BCUT2D eigenvalue weighted by Gasteiger charge is 2.18. The van der Waals surface area contributed by atoms with Crippen LogP contribution in [0.2, 0.25) is 5.02 Å². The monoisotopic (exact) mass is 423 g/mol. The molecule has 29 heavy (non-hydrogen) atoms. The molecule has 13 heteroatoms. The topological polar surface area (TPSA) is 147 Å². The van der Waals surface area contributed by atoms with Crippen LogP contribution in [0.4, 0.5) is 10.1 Å². The van der Waals surface area contributed by atoms with Crippen molar-refractivity contribution in [3.8, 4) is 6.19 Å². The smallest absolute Gasteiger partial charge is 0.209 e. The second-order valence-electron chi connectivity index (χ2n) is 5.91. The van der Waals surface area contributed by atoms with Crippen LogP contribution in [0.3, 0.4) is 0 Å². The van der Waals surface area contributed by atoms with Crippen molar-refractivity contribution in [3.05, 3.63) is 40.4 Å². The van der Waals surface area contributed by atoms with Gasteiger partial charge in [-0.1, -0.05) is 21.9 Å². The first kappa shape index (κ1) is 21.9. The molecule has 2 aromatic rings. The van der Waals surface area contributed by atoms with Gasteiger partial charge in [0.05, 0.1) is 11.6 Å². The number of aliphatic imine (C=N–C) groups is 1. The van der Waals surface area contributed by atoms with Crippen LogP contribution in [0.1, 0.15) is 11.4 Å². The van der Waals surface area contributed by atoms with E-state index >= 15 is 0 Å². The van der Waals surface area contributed by atoms with Crippen molar-refractivity contribution >= 4 is 29.1 Å². The molecule has 0 aliphatic rings. The lowest BCUT2D eigenvalue weighted by atomic mass is 10.2. The largest absolute Gasteiger partial charge is 0.409 e. The van der Waals surface area contributed by atoms with Gasteiger partial charge in [-0.2, -0.15) is 5.26 Å². The normalized spacial score (nSPS) is 12.0. The number of likely N-dealkylation sites (N-methyl/N-ethyl adjacent to an activating group) is 1. The van der Waals surface area contributed by atoms with Crippen LogP contribution in [0.25, 0.3) is 0 Å². The van der Waals surface area contributed by atoms with Gasteiger partial charge >= 0.3 is 0 Å². The number of anilines is 1. The standard InChI is InChI=1S/C16H19ClFN9O2/c1-27(2)6-5-20-16(22-9-19)21-8-13-14(26-29-25-13)15(24-28)23-10-3-4-12(18)11(17)7-10/h3-4,7,28H,5-6,8H2,1-2H3,(H,23,24)(H2,20,21,22). The minimum atomic E-state index is -0.584. The zero-order chi connectivity index (χ0) is 21.2. The molecule has 1 aromatic heterocycles. The van der Waals surface area contributed by atoms with Gasteiger partial charge in [0.15, 0.2) is 5.69 Å². The van der Waals surface area contributed by atoms with E-state index in [0.29, 0.717) is 12.2 Å².